The van der Waals surface area contributed by atoms with Crippen molar-refractivity contribution in [1.82, 2.24) is 0 Å². The predicted octanol–water partition coefficient (Wildman–Crippen LogP) is 3.81. The Labute approximate surface area is 176 Å². The molecule has 29 heavy (non-hydrogen) atoms. The summed E-state index contributed by atoms with van der Waals surface area (Å²) < 4.78 is 0. The molecule has 0 saturated heterocycles. The SMILES string of the molecule is C[C@H](CC(C=O)CO)[C@H]1CCC2C3CC[C@@H]4C[C@H](O)CC[C@]4(C)C3C[C@H](O)[C@@]21C. The van der Waals surface area contributed by atoms with Crippen molar-refractivity contribution in [1.29, 1.82) is 0 Å². The molecule has 0 aliphatic heterocycles. The molecule has 0 aromatic carbocycles. The van der Waals surface area contributed by atoms with Gasteiger partial charge in [-0.15, -0.1) is 0 Å². The Morgan fingerprint density at radius 2 is 1.79 bits per heavy atom. The summed E-state index contributed by atoms with van der Waals surface area (Å²) in [4.78, 5) is 11.3. The van der Waals surface area contributed by atoms with Gasteiger partial charge in [-0.25, -0.2) is 0 Å². The number of aliphatic hydroxyl groups excluding tert-OH is 3. The van der Waals surface area contributed by atoms with E-state index in [1.807, 2.05) is 0 Å². The van der Waals surface area contributed by atoms with Gasteiger partial charge in [-0.2, -0.15) is 0 Å². The number of fused-ring (bicyclic) bond motifs is 5. The molecule has 4 aliphatic rings. The summed E-state index contributed by atoms with van der Waals surface area (Å²) in [6, 6.07) is 0. The van der Waals surface area contributed by atoms with E-state index in [-0.39, 0.29) is 35.6 Å². The molecule has 0 radical (unpaired) electrons. The molecule has 0 heterocycles. The lowest BCUT2D eigenvalue weighted by Gasteiger charge is -2.62. The number of carbonyl (C=O) groups excluding carboxylic acids is 1. The first-order chi connectivity index (χ1) is 13.8. The average Bonchev–Trinajstić information content (AvgIpc) is 3.06. The third-order valence-electron chi connectivity index (χ3n) is 10.6. The van der Waals surface area contributed by atoms with Gasteiger partial charge in [0.15, 0.2) is 0 Å². The number of hydrogen-bond acceptors (Lipinski definition) is 4. The molecule has 11 atom stereocenters. The van der Waals surface area contributed by atoms with Crippen LogP contribution in [0.3, 0.4) is 0 Å². The molecule has 4 nitrogen and oxygen atoms in total. The van der Waals surface area contributed by atoms with E-state index >= 15 is 0 Å². The molecule has 3 N–H and O–H groups in total. The van der Waals surface area contributed by atoms with E-state index in [9.17, 15) is 20.1 Å². The first-order valence-corrected chi connectivity index (χ1v) is 12.2. The first kappa shape index (κ1) is 21.8. The van der Waals surface area contributed by atoms with E-state index in [2.05, 4.69) is 20.8 Å². The van der Waals surface area contributed by atoms with Gasteiger partial charge in [0.05, 0.1) is 18.8 Å². The molecule has 4 rings (SSSR count). The van der Waals surface area contributed by atoms with E-state index in [1.165, 1.54) is 19.3 Å². The van der Waals surface area contributed by atoms with E-state index in [0.717, 1.165) is 44.8 Å². The fourth-order valence-electron chi connectivity index (χ4n) is 8.98. The second kappa shape index (κ2) is 7.91. The minimum absolute atomic E-state index is 0.0686. The molecule has 0 aromatic heterocycles. The molecule has 4 saturated carbocycles. The van der Waals surface area contributed by atoms with Gasteiger partial charge in [-0.05, 0) is 104 Å². The van der Waals surface area contributed by atoms with Crippen LogP contribution in [0.25, 0.3) is 0 Å². The lowest BCUT2D eigenvalue weighted by Crippen LogP contribution is -2.58. The molecule has 4 unspecified atom stereocenters. The second-order valence-electron chi connectivity index (χ2n) is 11.7. The van der Waals surface area contributed by atoms with Crippen LogP contribution in [-0.2, 0) is 4.79 Å². The summed E-state index contributed by atoms with van der Waals surface area (Å²) in [6.07, 6.45) is 9.91. The van der Waals surface area contributed by atoms with Crippen LogP contribution in [0.2, 0.25) is 0 Å². The highest BCUT2D eigenvalue weighted by Gasteiger charge is 2.63. The maximum Gasteiger partial charge on any atom is 0.125 e. The molecular weight excluding hydrogens is 364 g/mol. The van der Waals surface area contributed by atoms with Crippen molar-refractivity contribution in [3.05, 3.63) is 0 Å². The number of carbonyl (C=O) groups is 1. The Balaban J connectivity index is 1.56. The molecule has 0 aromatic rings. The van der Waals surface area contributed by atoms with E-state index in [0.29, 0.717) is 35.5 Å². The summed E-state index contributed by atoms with van der Waals surface area (Å²) in [7, 11) is 0. The molecule has 4 heteroatoms. The van der Waals surface area contributed by atoms with Crippen LogP contribution in [0.1, 0.15) is 78.6 Å². The van der Waals surface area contributed by atoms with Gasteiger partial charge in [0.2, 0.25) is 0 Å². The van der Waals surface area contributed by atoms with Crippen molar-refractivity contribution in [2.75, 3.05) is 6.61 Å². The van der Waals surface area contributed by atoms with E-state index in [4.69, 9.17) is 0 Å². The van der Waals surface area contributed by atoms with Crippen molar-refractivity contribution in [3.63, 3.8) is 0 Å². The third-order valence-corrected chi connectivity index (χ3v) is 10.6. The molecular formula is C25H42O4. The van der Waals surface area contributed by atoms with Gasteiger partial charge in [0.25, 0.3) is 0 Å². The Hall–Kier alpha value is -0.450. The van der Waals surface area contributed by atoms with Gasteiger partial charge in [-0.1, -0.05) is 20.8 Å². The minimum Gasteiger partial charge on any atom is -0.396 e. The number of rotatable bonds is 5. The first-order valence-electron chi connectivity index (χ1n) is 12.2. The highest BCUT2D eigenvalue weighted by atomic mass is 16.3. The van der Waals surface area contributed by atoms with Crippen LogP contribution in [0.4, 0.5) is 0 Å². The van der Waals surface area contributed by atoms with Crippen LogP contribution in [0, 0.1) is 52.3 Å². The summed E-state index contributed by atoms with van der Waals surface area (Å²) in [5.74, 6) is 2.94. The smallest absolute Gasteiger partial charge is 0.125 e. The highest BCUT2D eigenvalue weighted by Crippen LogP contribution is 2.68. The zero-order valence-electron chi connectivity index (χ0n) is 18.6. The third kappa shape index (κ3) is 3.32. The normalized spacial score (nSPS) is 51.4. The average molecular weight is 407 g/mol. The van der Waals surface area contributed by atoms with E-state index in [1.54, 1.807) is 0 Å². The highest BCUT2D eigenvalue weighted by molar-refractivity contribution is 5.53. The van der Waals surface area contributed by atoms with Crippen LogP contribution in [0.5, 0.6) is 0 Å². The zero-order chi connectivity index (χ0) is 21.0. The monoisotopic (exact) mass is 406 g/mol. The van der Waals surface area contributed by atoms with Crippen molar-refractivity contribution < 1.29 is 20.1 Å². The Kier molecular flexibility index (Phi) is 5.94. The summed E-state index contributed by atoms with van der Waals surface area (Å²) in [6.45, 7) is 6.95. The Morgan fingerprint density at radius 1 is 1.03 bits per heavy atom. The summed E-state index contributed by atoms with van der Waals surface area (Å²) in [5.41, 5.74) is 0.203. The maximum atomic E-state index is 11.5. The standard InChI is InChI=1S/C25H42O4/c1-15(10-16(13-26)14-27)20-6-7-21-19-5-4-17-11-18(28)8-9-24(17,2)22(19)12-23(29)25(20,21)3/h13,15-23,27-29H,4-12,14H2,1-3H3/t15-,16?,17-,18-,19?,20-,21?,22?,23+,24+,25-/m1/s1. The van der Waals surface area contributed by atoms with Crippen LogP contribution < -0.4 is 0 Å². The Morgan fingerprint density at radius 3 is 2.48 bits per heavy atom. The zero-order valence-corrected chi connectivity index (χ0v) is 18.6. The number of aldehydes is 1. The fourth-order valence-corrected chi connectivity index (χ4v) is 8.98. The molecule has 0 spiro atoms. The van der Waals surface area contributed by atoms with E-state index < -0.39 is 0 Å². The molecule has 0 amide bonds. The van der Waals surface area contributed by atoms with Gasteiger partial charge in [-0.3, -0.25) is 0 Å². The largest absolute Gasteiger partial charge is 0.396 e. The van der Waals surface area contributed by atoms with Crippen molar-refractivity contribution >= 4 is 6.29 Å². The topological polar surface area (TPSA) is 77.8 Å². The fraction of sp³-hybridized carbons (Fsp3) is 0.960. The Bertz CT molecular complexity index is 608. The number of hydrogen-bond donors (Lipinski definition) is 3. The predicted molar refractivity (Wildman–Crippen MR) is 113 cm³/mol. The van der Waals surface area contributed by atoms with Crippen LogP contribution >= 0.6 is 0 Å². The molecule has 4 aliphatic carbocycles. The van der Waals surface area contributed by atoms with Gasteiger partial charge in [0, 0.05) is 5.92 Å². The lowest BCUT2D eigenvalue weighted by atomic mass is 9.43. The van der Waals surface area contributed by atoms with Crippen LogP contribution in [0.15, 0.2) is 0 Å². The van der Waals surface area contributed by atoms with Crippen molar-refractivity contribution in [2.45, 2.75) is 90.8 Å². The quantitative estimate of drug-likeness (QED) is 0.607. The van der Waals surface area contributed by atoms with Crippen LogP contribution in [-0.4, -0.2) is 40.4 Å². The van der Waals surface area contributed by atoms with Gasteiger partial charge >= 0.3 is 0 Å². The maximum absolute atomic E-state index is 11.5. The minimum atomic E-state index is -0.282. The lowest BCUT2D eigenvalue weighted by molar-refractivity contribution is -0.175. The van der Waals surface area contributed by atoms with Gasteiger partial charge < -0.3 is 20.1 Å². The van der Waals surface area contributed by atoms with Crippen molar-refractivity contribution in [3.8, 4) is 0 Å². The summed E-state index contributed by atoms with van der Waals surface area (Å²) in [5, 5.41) is 31.2. The molecule has 0 bridgehead atoms. The second-order valence-corrected chi connectivity index (χ2v) is 11.7. The van der Waals surface area contributed by atoms with Crippen molar-refractivity contribution in [2.24, 2.45) is 52.3 Å². The molecule has 4 fully saturated rings. The molecule has 166 valence electrons. The summed E-state index contributed by atoms with van der Waals surface area (Å²) >= 11 is 0. The van der Waals surface area contributed by atoms with Gasteiger partial charge in [0.1, 0.15) is 6.29 Å². The number of aliphatic hydroxyl groups is 3.